The average Bonchev–Trinajstić information content (AvgIpc) is 2.04. The maximum absolute atomic E-state index is 9.13. The topological polar surface area (TPSA) is 35.5 Å². The molecule has 0 atom stereocenters. The van der Waals surface area contributed by atoms with Gasteiger partial charge in [-0.25, -0.2) is 0 Å². The summed E-state index contributed by atoms with van der Waals surface area (Å²) in [5.74, 6) is 0. The summed E-state index contributed by atoms with van der Waals surface area (Å²) < 4.78 is 0. The molecular weight excluding hydrogens is 140 g/mol. The number of para-hydroxylation sites is 1. The Morgan fingerprint density at radius 3 is 3.09 bits per heavy atom. The molecule has 1 heterocycles. The molecule has 3 heteroatoms. The van der Waals surface area contributed by atoms with Crippen LogP contribution in [0.4, 0.5) is 5.69 Å². The predicted molar refractivity (Wildman–Crippen MR) is 42.3 cm³/mol. The van der Waals surface area contributed by atoms with Crippen LogP contribution in [-0.2, 0) is 6.54 Å². The van der Waals surface area contributed by atoms with Gasteiger partial charge in [-0.1, -0.05) is 18.2 Å². The Labute approximate surface area is 65.2 Å². The highest BCUT2D eigenvalue weighted by Gasteiger charge is 2.11. The van der Waals surface area contributed by atoms with Crippen LogP contribution in [0.25, 0.3) is 0 Å². The van der Waals surface area contributed by atoms with Gasteiger partial charge in [0, 0.05) is 5.69 Å². The molecule has 1 aliphatic heterocycles. The molecule has 2 rings (SSSR count). The van der Waals surface area contributed by atoms with Crippen LogP contribution < -0.4 is 5.32 Å². The third-order valence-electron chi connectivity index (χ3n) is 1.82. The highest BCUT2D eigenvalue weighted by atomic mass is 16.5. The molecule has 2 N–H and O–H groups in total. The van der Waals surface area contributed by atoms with E-state index >= 15 is 0 Å². The minimum Gasteiger partial charge on any atom is -0.370 e. The summed E-state index contributed by atoms with van der Waals surface area (Å²) in [6.45, 7) is 1.13. The summed E-state index contributed by atoms with van der Waals surface area (Å²) in [5, 5.41) is 13.5. The molecule has 11 heavy (non-hydrogen) atoms. The van der Waals surface area contributed by atoms with Gasteiger partial charge < -0.3 is 10.5 Å². The molecule has 58 valence electrons. The molecule has 0 unspecified atom stereocenters. The van der Waals surface area contributed by atoms with E-state index in [1.165, 1.54) is 5.06 Å². The van der Waals surface area contributed by atoms with Crippen molar-refractivity contribution >= 4 is 5.69 Å². The smallest absolute Gasteiger partial charge is 0.0921 e. The van der Waals surface area contributed by atoms with Crippen molar-refractivity contribution in [1.29, 1.82) is 0 Å². The first kappa shape index (κ1) is 6.64. The first-order valence-corrected chi connectivity index (χ1v) is 3.62. The van der Waals surface area contributed by atoms with Crippen LogP contribution in [0, 0.1) is 0 Å². The fraction of sp³-hybridized carbons (Fsp3) is 0.250. The zero-order chi connectivity index (χ0) is 7.68. The van der Waals surface area contributed by atoms with Crippen LogP contribution in [0.5, 0.6) is 0 Å². The van der Waals surface area contributed by atoms with E-state index in [1.807, 2.05) is 24.3 Å². The number of hydroxylamine groups is 2. The fourth-order valence-electron chi connectivity index (χ4n) is 1.26. The van der Waals surface area contributed by atoms with Gasteiger partial charge in [-0.05, 0) is 11.6 Å². The summed E-state index contributed by atoms with van der Waals surface area (Å²) in [5.41, 5.74) is 2.26. The quantitative estimate of drug-likeness (QED) is 0.584. The maximum Gasteiger partial charge on any atom is 0.0921 e. The molecular formula is C8H10N2O. The minimum absolute atomic E-state index is 0.511. The summed E-state index contributed by atoms with van der Waals surface area (Å²) in [6, 6.07) is 7.98. The Hall–Kier alpha value is -1.06. The van der Waals surface area contributed by atoms with E-state index in [2.05, 4.69) is 5.32 Å². The van der Waals surface area contributed by atoms with Gasteiger partial charge >= 0.3 is 0 Å². The van der Waals surface area contributed by atoms with E-state index in [9.17, 15) is 0 Å². The Bertz CT molecular complexity index is 262. The second kappa shape index (κ2) is 2.53. The molecule has 0 spiro atoms. The van der Waals surface area contributed by atoms with Crippen LogP contribution in [0.15, 0.2) is 24.3 Å². The van der Waals surface area contributed by atoms with Gasteiger partial charge in [0.05, 0.1) is 13.2 Å². The van der Waals surface area contributed by atoms with Crippen molar-refractivity contribution in [3.8, 4) is 0 Å². The van der Waals surface area contributed by atoms with Gasteiger partial charge in [-0.2, -0.15) is 5.06 Å². The molecule has 0 aliphatic carbocycles. The van der Waals surface area contributed by atoms with Gasteiger partial charge in [0.1, 0.15) is 0 Å². The lowest BCUT2D eigenvalue weighted by Crippen LogP contribution is -2.30. The number of nitrogens with zero attached hydrogens (tertiary/aromatic N) is 1. The molecule has 0 radical (unpaired) electrons. The number of hydrogen-bond donors (Lipinski definition) is 2. The number of hydrogen-bond acceptors (Lipinski definition) is 3. The zero-order valence-corrected chi connectivity index (χ0v) is 6.12. The zero-order valence-electron chi connectivity index (χ0n) is 6.12. The summed E-state index contributed by atoms with van der Waals surface area (Å²) in [4.78, 5) is 0. The lowest BCUT2D eigenvalue weighted by molar-refractivity contribution is -0.0955. The van der Waals surface area contributed by atoms with Crippen molar-refractivity contribution in [1.82, 2.24) is 5.06 Å². The molecule has 1 aliphatic rings. The van der Waals surface area contributed by atoms with E-state index in [-0.39, 0.29) is 0 Å². The fourth-order valence-corrected chi connectivity index (χ4v) is 1.26. The molecule has 1 aromatic carbocycles. The predicted octanol–water partition coefficient (Wildman–Crippen LogP) is 1.26. The number of rotatable bonds is 0. The van der Waals surface area contributed by atoms with Crippen LogP contribution in [0.3, 0.4) is 0 Å². The molecule has 0 saturated carbocycles. The number of nitrogens with one attached hydrogen (secondary N) is 1. The van der Waals surface area contributed by atoms with Gasteiger partial charge in [-0.15, -0.1) is 0 Å². The van der Waals surface area contributed by atoms with E-state index in [4.69, 9.17) is 5.21 Å². The standard InChI is InChI=1S/C8H10N2O/c11-10-5-7-3-1-2-4-8(7)9-6-10/h1-4,9,11H,5-6H2. The van der Waals surface area contributed by atoms with Crippen molar-refractivity contribution in [3.05, 3.63) is 29.8 Å². The number of anilines is 1. The molecule has 0 saturated heterocycles. The monoisotopic (exact) mass is 150 g/mol. The Balaban J connectivity index is 2.34. The van der Waals surface area contributed by atoms with Gasteiger partial charge in [-0.3, -0.25) is 0 Å². The molecule has 0 aromatic heterocycles. The van der Waals surface area contributed by atoms with Crippen LogP contribution in [0.2, 0.25) is 0 Å². The van der Waals surface area contributed by atoms with Crippen molar-refractivity contribution < 1.29 is 5.21 Å². The molecule has 3 nitrogen and oxygen atoms in total. The Kier molecular flexibility index (Phi) is 1.52. The lowest BCUT2D eigenvalue weighted by atomic mass is 10.1. The highest BCUT2D eigenvalue weighted by Crippen LogP contribution is 2.19. The van der Waals surface area contributed by atoms with Gasteiger partial charge in [0.15, 0.2) is 0 Å². The second-order valence-electron chi connectivity index (χ2n) is 2.66. The Morgan fingerprint density at radius 1 is 1.36 bits per heavy atom. The first-order valence-electron chi connectivity index (χ1n) is 3.62. The van der Waals surface area contributed by atoms with E-state index in [1.54, 1.807) is 0 Å². The van der Waals surface area contributed by atoms with Gasteiger partial charge in [0.25, 0.3) is 0 Å². The van der Waals surface area contributed by atoms with Crippen molar-refractivity contribution in [2.45, 2.75) is 6.54 Å². The SMILES string of the molecule is ON1CNc2ccccc2C1. The maximum atomic E-state index is 9.13. The van der Waals surface area contributed by atoms with Crippen molar-refractivity contribution in [2.24, 2.45) is 0 Å². The average molecular weight is 150 g/mol. The van der Waals surface area contributed by atoms with E-state index in [0.29, 0.717) is 13.2 Å². The lowest BCUT2D eigenvalue weighted by Gasteiger charge is -2.24. The molecule has 0 fully saturated rings. The third kappa shape index (κ3) is 1.20. The van der Waals surface area contributed by atoms with Gasteiger partial charge in [0.2, 0.25) is 0 Å². The minimum atomic E-state index is 0.511. The van der Waals surface area contributed by atoms with Crippen LogP contribution >= 0.6 is 0 Å². The van der Waals surface area contributed by atoms with Crippen LogP contribution in [0.1, 0.15) is 5.56 Å². The van der Waals surface area contributed by atoms with Crippen LogP contribution in [-0.4, -0.2) is 16.9 Å². The summed E-state index contributed by atoms with van der Waals surface area (Å²) in [7, 11) is 0. The van der Waals surface area contributed by atoms with E-state index in [0.717, 1.165) is 11.3 Å². The summed E-state index contributed by atoms with van der Waals surface area (Å²) >= 11 is 0. The highest BCUT2D eigenvalue weighted by molar-refractivity contribution is 5.51. The molecule has 0 bridgehead atoms. The van der Waals surface area contributed by atoms with Crippen molar-refractivity contribution in [3.63, 3.8) is 0 Å². The summed E-state index contributed by atoms with van der Waals surface area (Å²) in [6.07, 6.45) is 0. The normalized spacial score (nSPS) is 17.2. The first-order chi connectivity index (χ1) is 5.36. The van der Waals surface area contributed by atoms with Crippen molar-refractivity contribution in [2.75, 3.05) is 12.0 Å². The largest absolute Gasteiger partial charge is 0.370 e. The third-order valence-corrected chi connectivity index (χ3v) is 1.82. The second-order valence-corrected chi connectivity index (χ2v) is 2.66. The Morgan fingerprint density at radius 2 is 2.18 bits per heavy atom. The number of benzene rings is 1. The van der Waals surface area contributed by atoms with E-state index < -0.39 is 0 Å². The molecule has 0 amide bonds. The number of fused-ring (bicyclic) bond motifs is 1. The molecule has 1 aromatic rings.